The van der Waals surface area contributed by atoms with Crippen molar-refractivity contribution in [1.29, 1.82) is 0 Å². The first kappa shape index (κ1) is 9.43. The van der Waals surface area contributed by atoms with Crippen LogP contribution in [0.3, 0.4) is 0 Å². The summed E-state index contributed by atoms with van der Waals surface area (Å²) in [5.74, 6) is 0.813. The maximum Gasteiger partial charge on any atom is 0.133 e. The van der Waals surface area contributed by atoms with E-state index >= 15 is 0 Å². The fourth-order valence-electron chi connectivity index (χ4n) is 1.73. The molecule has 0 amide bonds. The zero-order valence-electron chi connectivity index (χ0n) is 8.35. The van der Waals surface area contributed by atoms with Crippen molar-refractivity contribution in [3.63, 3.8) is 0 Å². The first-order chi connectivity index (χ1) is 7.84. The van der Waals surface area contributed by atoms with Gasteiger partial charge in [-0.05, 0) is 30.3 Å². The first-order valence-corrected chi connectivity index (χ1v) is 5.30. The van der Waals surface area contributed by atoms with Gasteiger partial charge in [-0.1, -0.05) is 17.7 Å². The van der Waals surface area contributed by atoms with Crippen LogP contribution in [0.2, 0.25) is 5.02 Å². The average molecular weight is 230 g/mol. The minimum absolute atomic E-state index is 0.643. The summed E-state index contributed by atoms with van der Waals surface area (Å²) in [6, 6.07) is 11.5. The first-order valence-electron chi connectivity index (χ1n) is 4.93. The highest BCUT2D eigenvalue weighted by Crippen LogP contribution is 2.29. The van der Waals surface area contributed by atoms with Crippen LogP contribution in [0.15, 0.2) is 53.3 Å². The predicted molar refractivity (Wildman–Crippen MR) is 64.5 cm³/mol. The number of rotatable bonds is 1. The Morgan fingerprint density at radius 3 is 2.88 bits per heavy atom. The Kier molecular flexibility index (Phi) is 2.15. The lowest BCUT2D eigenvalue weighted by atomic mass is 10.1. The molecule has 0 saturated heterocycles. The van der Waals surface area contributed by atoms with Gasteiger partial charge in [0.2, 0.25) is 0 Å². The summed E-state index contributed by atoms with van der Waals surface area (Å²) >= 11 is 6.17. The van der Waals surface area contributed by atoms with Crippen LogP contribution in [0.5, 0.6) is 0 Å². The molecule has 3 aromatic rings. The quantitative estimate of drug-likeness (QED) is 0.627. The van der Waals surface area contributed by atoms with Crippen LogP contribution in [0.25, 0.3) is 22.2 Å². The van der Waals surface area contributed by atoms with Gasteiger partial charge in [0.15, 0.2) is 0 Å². The van der Waals surface area contributed by atoms with Gasteiger partial charge in [0.1, 0.15) is 5.76 Å². The molecule has 0 radical (unpaired) electrons. The molecule has 1 aromatic carbocycles. The molecule has 0 spiro atoms. The Morgan fingerprint density at radius 2 is 2.06 bits per heavy atom. The van der Waals surface area contributed by atoms with Crippen LogP contribution in [-0.4, -0.2) is 4.98 Å². The van der Waals surface area contributed by atoms with E-state index in [1.54, 1.807) is 12.5 Å². The van der Waals surface area contributed by atoms with Gasteiger partial charge in [-0.2, -0.15) is 0 Å². The van der Waals surface area contributed by atoms with Crippen molar-refractivity contribution in [1.82, 2.24) is 4.98 Å². The van der Waals surface area contributed by atoms with Gasteiger partial charge in [0.05, 0.1) is 16.8 Å². The van der Waals surface area contributed by atoms with Crippen molar-refractivity contribution in [3.8, 4) is 11.3 Å². The minimum atomic E-state index is 0.643. The number of aromatic nitrogens is 1. The van der Waals surface area contributed by atoms with Gasteiger partial charge < -0.3 is 4.42 Å². The summed E-state index contributed by atoms with van der Waals surface area (Å²) in [6.45, 7) is 0. The number of fused-ring (bicyclic) bond motifs is 1. The summed E-state index contributed by atoms with van der Waals surface area (Å²) in [5.41, 5.74) is 1.79. The molecule has 2 nitrogen and oxygen atoms in total. The van der Waals surface area contributed by atoms with E-state index in [4.69, 9.17) is 16.0 Å². The van der Waals surface area contributed by atoms with Gasteiger partial charge in [-0.3, -0.25) is 4.98 Å². The summed E-state index contributed by atoms with van der Waals surface area (Å²) in [6.07, 6.45) is 3.39. The van der Waals surface area contributed by atoms with E-state index in [9.17, 15) is 0 Å². The van der Waals surface area contributed by atoms with Crippen LogP contribution in [0, 0.1) is 0 Å². The lowest BCUT2D eigenvalue weighted by Crippen LogP contribution is -1.81. The number of pyridine rings is 1. The fraction of sp³-hybridized carbons (Fsp3) is 0. The number of benzene rings is 1. The molecule has 0 saturated carbocycles. The maximum absolute atomic E-state index is 6.17. The zero-order chi connectivity index (χ0) is 11.0. The fourth-order valence-corrected chi connectivity index (χ4v) is 2.01. The predicted octanol–water partition coefficient (Wildman–Crippen LogP) is 4.15. The molecule has 0 atom stereocenters. The van der Waals surface area contributed by atoms with Gasteiger partial charge in [-0.15, -0.1) is 0 Å². The molecule has 0 fully saturated rings. The molecule has 0 N–H and O–H groups in total. The summed E-state index contributed by atoms with van der Waals surface area (Å²) < 4.78 is 5.34. The molecule has 0 aliphatic carbocycles. The molecule has 78 valence electrons. The van der Waals surface area contributed by atoms with Crippen molar-refractivity contribution in [2.45, 2.75) is 0 Å². The highest BCUT2D eigenvalue weighted by molar-refractivity contribution is 6.35. The topological polar surface area (TPSA) is 26.0 Å². The third-order valence-electron chi connectivity index (χ3n) is 2.46. The smallest absolute Gasteiger partial charge is 0.133 e. The number of hydrogen-bond acceptors (Lipinski definition) is 2. The Bertz CT molecular complexity index is 631. The second-order valence-corrected chi connectivity index (χ2v) is 3.92. The second kappa shape index (κ2) is 3.65. The van der Waals surface area contributed by atoms with E-state index < -0.39 is 0 Å². The van der Waals surface area contributed by atoms with Crippen molar-refractivity contribution >= 4 is 22.5 Å². The molecule has 3 rings (SSSR count). The molecular weight excluding hydrogens is 222 g/mol. The monoisotopic (exact) mass is 229 g/mol. The highest BCUT2D eigenvalue weighted by Gasteiger charge is 2.06. The van der Waals surface area contributed by atoms with Gasteiger partial charge in [0, 0.05) is 17.1 Å². The van der Waals surface area contributed by atoms with E-state index in [0.29, 0.717) is 5.02 Å². The van der Waals surface area contributed by atoms with Crippen molar-refractivity contribution in [2.75, 3.05) is 0 Å². The third-order valence-corrected chi connectivity index (χ3v) is 2.75. The van der Waals surface area contributed by atoms with Crippen molar-refractivity contribution in [2.24, 2.45) is 0 Å². The second-order valence-electron chi connectivity index (χ2n) is 3.51. The summed E-state index contributed by atoms with van der Waals surface area (Å²) in [7, 11) is 0. The van der Waals surface area contributed by atoms with Crippen LogP contribution >= 0.6 is 11.6 Å². The minimum Gasteiger partial charge on any atom is -0.464 e. The van der Waals surface area contributed by atoms with E-state index in [1.807, 2.05) is 36.4 Å². The lowest BCUT2D eigenvalue weighted by Gasteiger charge is -2.02. The number of halogens is 1. The molecular formula is C13H8ClNO. The largest absolute Gasteiger partial charge is 0.464 e. The standard InChI is InChI=1S/C13H8ClNO/c14-11-8-10(12-4-2-6-16-12)7-9-3-1-5-15-13(9)11/h1-8H. The van der Waals surface area contributed by atoms with Crippen molar-refractivity contribution in [3.05, 3.63) is 53.9 Å². The molecule has 0 unspecified atom stereocenters. The molecule has 2 heterocycles. The molecule has 0 aliphatic rings. The van der Waals surface area contributed by atoms with Crippen LogP contribution < -0.4 is 0 Å². The SMILES string of the molecule is Clc1cc(-c2ccco2)cc2cccnc12. The average Bonchev–Trinajstić information content (AvgIpc) is 2.82. The number of nitrogens with zero attached hydrogens (tertiary/aromatic N) is 1. The van der Waals surface area contributed by atoms with Crippen LogP contribution in [0.4, 0.5) is 0 Å². The molecule has 2 aromatic heterocycles. The van der Waals surface area contributed by atoms with Gasteiger partial charge in [-0.25, -0.2) is 0 Å². The van der Waals surface area contributed by atoms with Crippen molar-refractivity contribution < 1.29 is 4.42 Å². The Hall–Kier alpha value is -1.80. The van der Waals surface area contributed by atoms with E-state index in [0.717, 1.165) is 22.2 Å². The number of furan rings is 1. The number of hydrogen-bond donors (Lipinski definition) is 0. The van der Waals surface area contributed by atoms with Gasteiger partial charge >= 0.3 is 0 Å². The Morgan fingerprint density at radius 1 is 1.12 bits per heavy atom. The lowest BCUT2D eigenvalue weighted by molar-refractivity contribution is 0.582. The van der Waals surface area contributed by atoms with Gasteiger partial charge in [0.25, 0.3) is 0 Å². The van der Waals surface area contributed by atoms with E-state index in [1.165, 1.54) is 0 Å². The van der Waals surface area contributed by atoms with E-state index in [2.05, 4.69) is 4.98 Å². The molecule has 0 bridgehead atoms. The molecule has 16 heavy (non-hydrogen) atoms. The molecule has 3 heteroatoms. The molecule has 0 aliphatic heterocycles. The van der Waals surface area contributed by atoms with Crippen LogP contribution in [0.1, 0.15) is 0 Å². The van der Waals surface area contributed by atoms with Crippen LogP contribution in [-0.2, 0) is 0 Å². The Balaban J connectivity index is 2.29. The zero-order valence-corrected chi connectivity index (χ0v) is 9.11. The maximum atomic E-state index is 6.17. The normalized spacial score (nSPS) is 10.8. The van der Waals surface area contributed by atoms with E-state index in [-0.39, 0.29) is 0 Å². The summed E-state index contributed by atoms with van der Waals surface area (Å²) in [5, 5.41) is 1.66. The summed E-state index contributed by atoms with van der Waals surface area (Å²) in [4.78, 5) is 4.24. The highest BCUT2D eigenvalue weighted by atomic mass is 35.5. The third kappa shape index (κ3) is 1.48. The Labute approximate surface area is 97.5 Å².